The van der Waals surface area contributed by atoms with Crippen molar-refractivity contribution in [1.29, 1.82) is 0 Å². The number of ether oxygens (including phenoxy) is 1. The highest BCUT2D eigenvalue weighted by molar-refractivity contribution is 7.90. The van der Waals surface area contributed by atoms with Crippen LogP contribution >= 0.6 is 0 Å². The van der Waals surface area contributed by atoms with Crippen molar-refractivity contribution < 1.29 is 17.9 Å². The predicted octanol–water partition coefficient (Wildman–Crippen LogP) is 4.09. The number of fused-ring (bicyclic) bond motifs is 1. The number of nitrogens with one attached hydrogen (secondary N) is 1. The summed E-state index contributed by atoms with van der Waals surface area (Å²) in [6.07, 6.45) is 1.55. The zero-order valence-electron chi connectivity index (χ0n) is 17.2. The zero-order chi connectivity index (χ0) is 20.9. The molecule has 0 aliphatic heterocycles. The smallest absolute Gasteiger partial charge is 0.407 e. The van der Waals surface area contributed by atoms with Gasteiger partial charge >= 0.3 is 6.09 Å². The van der Waals surface area contributed by atoms with Gasteiger partial charge in [0, 0.05) is 17.6 Å². The van der Waals surface area contributed by atoms with Crippen LogP contribution in [-0.4, -0.2) is 36.9 Å². The van der Waals surface area contributed by atoms with Crippen molar-refractivity contribution in [3.8, 4) is 0 Å². The number of rotatable bonds is 7. The molecule has 1 atom stereocenters. The maximum absolute atomic E-state index is 12.8. The van der Waals surface area contributed by atoms with Crippen LogP contribution in [-0.2, 0) is 20.3 Å². The van der Waals surface area contributed by atoms with Crippen molar-refractivity contribution in [2.75, 3.05) is 5.75 Å². The Morgan fingerprint density at radius 2 is 1.89 bits per heavy atom. The third-order valence-electron chi connectivity index (χ3n) is 3.97. The first-order valence-corrected chi connectivity index (χ1v) is 11.3. The molecule has 0 aliphatic carbocycles. The van der Waals surface area contributed by atoms with Crippen LogP contribution in [0, 0.1) is 5.92 Å². The maximum atomic E-state index is 12.8. The van der Waals surface area contributed by atoms with Crippen LogP contribution in [0.25, 0.3) is 10.9 Å². The van der Waals surface area contributed by atoms with E-state index in [0.717, 1.165) is 10.9 Å². The number of benzene rings is 1. The summed E-state index contributed by atoms with van der Waals surface area (Å²) in [6, 6.07) is 8.92. The lowest BCUT2D eigenvalue weighted by Gasteiger charge is -2.24. The molecule has 0 unspecified atom stereocenters. The first-order chi connectivity index (χ1) is 12.9. The molecule has 0 spiro atoms. The van der Waals surface area contributed by atoms with Gasteiger partial charge in [0.25, 0.3) is 0 Å². The van der Waals surface area contributed by atoms with Gasteiger partial charge in [-0.3, -0.25) is 4.98 Å². The first-order valence-electron chi connectivity index (χ1n) is 9.47. The van der Waals surface area contributed by atoms with Crippen molar-refractivity contribution >= 4 is 26.8 Å². The molecule has 0 aliphatic rings. The van der Waals surface area contributed by atoms with E-state index in [1.807, 2.05) is 44.2 Å². The summed E-state index contributed by atoms with van der Waals surface area (Å²) in [5.41, 5.74) is 0.828. The number of pyridine rings is 1. The molecule has 0 fully saturated rings. The van der Waals surface area contributed by atoms with Gasteiger partial charge in [0.2, 0.25) is 0 Å². The Morgan fingerprint density at radius 1 is 1.21 bits per heavy atom. The molecule has 0 saturated carbocycles. The van der Waals surface area contributed by atoms with Gasteiger partial charge < -0.3 is 10.1 Å². The molecule has 0 saturated heterocycles. The molecule has 1 N–H and O–H groups in total. The topological polar surface area (TPSA) is 85.4 Å². The lowest BCUT2D eigenvalue weighted by molar-refractivity contribution is 0.0504. The number of alkyl carbamates (subject to hydrolysis) is 1. The molecule has 1 aromatic heterocycles. The van der Waals surface area contributed by atoms with Gasteiger partial charge in [0.1, 0.15) is 5.60 Å². The van der Waals surface area contributed by atoms with Crippen LogP contribution in [0.5, 0.6) is 0 Å². The number of hydrogen-bond donors (Lipinski definition) is 1. The maximum Gasteiger partial charge on any atom is 0.407 e. The summed E-state index contributed by atoms with van der Waals surface area (Å²) in [6.45, 7) is 9.29. The van der Waals surface area contributed by atoms with Crippen molar-refractivity contribution in [2.24, 2.45) is 5.92 Å². The van der Waals surface area contributed by atoms with Gasteiger partial charge in [0.05, 0.1) is 17.0 Å². The van der Waals surface area contributed by atoms with E-state index >= 15 is 0 Å². The second kappa shape index (κ2) is 8.90. The number of sulfone groups is 1. The van der Waals surface area contributed by atoms with E-state index in [0.29, 0.717) is 12.0 Å². The molecule has 0 radical (unpaired) electrons. The SMILES string of the molecule is CC(C)C[C@@H](CS(=O)(=O)Cc1cnc2ccccc2c1)NC(=O)OC(C)(C)C. The monoisotopic (exact) mass is 406 g/mol. The lowest BCUT2D eigenvalue weighted by Crippen LogP contribution is -2.43. The van der Waals surface area contributed by atoms with Crippen LogP contribution in [0.1, 0.15) is 46.6 Å². The molecule has 0 bridgehead atoms. The van der Waals surface area contributed by atoms with Gasteiger partial charge in [-0.15, -0.1) is 0 Å². The Bertz CT molecular complexity index is 917. The van der Waals surface area contributed by atoms with Crippen molar-refractivity contribution in [1.82, 2.24) is 10.3 Å². The largest absolute Gasteiger partial charge is 0.444 e. The first kappa shape index (κ1) is 22.1. The van der Waals surface area contributed by atoms with Gasteiger partial charge in [0.15, 0.2) is 9.84 Å². The molecule has 1 heterocycles. The molecule has 1 amide bonds. The Kier molecular flexibility index (Phi) is 7.04. The average Bonchev–Trinajstić information content (AvgIpc) is 2.51. The summed E-state index contributed by atoms with van der Waals surface area (Å²) >= 11 is 0. The van der Waals surface area contributed by atoms with Gasteiger partial charge in [-0.2, -0.15) is 0 Å². The minimum atomic E-state index is -3.45. The molecule has 2 rings (SSSR count). The number of amides is 1. The summed E-state index contributed by atoms with van der Waals surface area (Å²) in [5.74, 6) is -0.0235. The van der Waals surface area contributed by atoms with E-state index in [1.54, 1.807) is 27.0 Å². The minimum Gasteiger partial charge on any atom is -0.444 e. The minimum absolute atomic E-state index is 0.116. The van der Waals surface area contributed by atoms with Crippen LogP contribution in [0.3, 0.4) is 0 Å². The third kappa shape index (κ3) is 7.46. The summed E-state index contributed by atoms with van der Waals surface area (Å²) in [5, 5.41) is 3.62. The number of hydrogen-bond acceptors (Lipinski definition) is 5. The molecule has 154 valence electrons. The molecule has 6 nitrogen and oxygen atoms in total. The molecule has 28 heavy (non-hydrogen) atoms. The normalized spacial score (nSPS) is 13.5. The zero-order valence-corrected chi connectivity index (χ0v) is 18.0. The molecular weight excluding hydrogens is 376 g/mol. The standard InChI is InChI=1S/C21H30N2O4S/c1-15(2)10-18(23-20(24)27-21(3,4)5)14-28(25,26)13-16-11-17-8-6-7-9-19(17)22-12-16/h6-9,11-12,15,18H,10,13-14H2,1-5H3,(H,23,24)/t18-/m0/s1. The second-order valence-corrected chi connectivity index (χ2v) is 10.7. The second-order valence-electron chi connectivity index (χ2n) is 8.56. The fourth-order valence-electron chi connectivity index (χ4n) is 3.03. The Balaban J connectivity index is 2.10. The fraction of sp³-hybridized carbons (Fsp3) is 0.524. The number of para-hydroxylation sites is 1. The summed E-state index contributed by atoms with van der Waals surface area (Å²) in [4.78, 5) is 16.4. The number of carbonyl (C=O) groups excluding carboxylic acids is 1. The predicted molar refractivity (Wildman–Crippen MR) is 112 cm³/mol. The highest BCUT2D eigenvalue weighted by atomic mass is 32.2. The van der Waals surface area contributed by atoms with Gasteiger partial charge in [-0.1, -0.05) is 32.0 Å². The number of nitrogens with zero attached hydrogens (tertiary/aromatic N) is 1. The van der Waals surface area contributed by atoms with Crippen molar-refractivity contribution in [3.05, 3.63) is 42.1 Å². The van der Waals surface area contributed by atoms with Crippen LogP contribution in [0.4, 0.5) is 4.79 Å². The number of carbonyl (C=O) groups is 1. The van der Waals surface area contributed by atoms with E-state index in [1.165, 1.54) is 0 Å². The number of aromatic nitrogens is 1. The van der Waals surface area contributed by atoms with E-state index in [2.05, 4.69) is 10.3 Å². The summed E-state index contributed by atoms with van der Waals surface area (Å²) < 4.78 is 30.8. The van der Waals surface area contributed by atoms with Crippen LogP contribution < -0.4 is 5.32 Å². The highest BCUT2D eigenvalue weighted by Crippen LogP contribution is 2.17. The Morgan fingerprint density at radius 3 is 2.54 bits per heavy atom. The van der Waals surface area contributed by atoms with E-state index < -0.39 is 27.6 Å². The van der Waals surface area contributed by atoms with E-state index in [9.17, 15) is 13.2 Å². The van der Waals surface area contributed by atoms with Crippen molar-refractivity contribution in [2.45, 2.75) is 58.4 Å². The fourth-order valence-corrected chi connectivity index (χ4v) is 4.64. The van der Waals surface area contributed by atoms with Crippen LogP contribution in [0.15, 0.2) is 36.5 Å². The molecule has 2 aromatic rings. The van der Waals surface area contributed by atoms with Crippen LogP contribution in [0.2, 0.25) is 0 Å². The third-order valence-corrected chi connectivity index (χ3v) is 5.65. The molecule has 7 heteroatoms. The molecule has 1 aromatic carbocycles. The summed E-state index contributed by atoms with van der Waals surface area (Å²) in [7, 11) is -3.45. The van der Waals surface area contributed by atoms with Crippen molar-refractivity contribution in [3.63, 3.8) is 0 Å². The Hall–Kier alpha value is -2.15. The van der Waals surface area contributed by atoms with Gasteiger partial charge in [-0.25, -0.2) is 13.2 Å². The Labute approximate surface area is 167 Å². The van der Waals surface area contributed by atoms with E-state index in [-0.39, 0.29) is 17.4 Å². The highest BCUT2D eigenvalue weighted by Gasteiger charge is 2.25. The quantitative estimate of drug-likeness (QED) is 0.748. The van der Waals surface area contributed by atoms with Gasteiger partial charge in [-0.05, 0) is 50.8 Å². The average molecular weight is 407 g/mol. The van der Waals surface area contributed by atoms with E-state index in [4.69, 9.17) is 4.74 Å². The lowest BCUT2D eigenvalue weighted by atomic mass is 10.1. The molecular formula is C21H30N2O4S.